The first-order valence-electron chi connectivity index (χ1n) is 6.87. The molecule has 2 aromatic rings. The van der Waals surface area contributed by atoms with E-state index in [1.54, 1.807) is 30.5 Å². The number of benzene rings is 1. The summed E-state index contributed by atoms with van der Waals surface area (Å²) in [4.78, 5) is 15.3. The maximum atomic E-state index is 11.0. The van der Waals surface area contributed by atoms with Crippen LogP contribution in [-0.4, -0.2) is 17.4 Å². The zero-order chi connectivity index (χ0) is 15.2. The molecule has 110 valence electrons. The predicted molar refractivity (Wildman–Crippen MR) is 81.4 cm³/mol. The van der Waals surface area contributed by atoms with Crippen LogP contribution in [0.1, 0.15) is 35.8 Å². The summed E-state index contributed by atoms with van der Waals surface area (Å²) in [7, 11) is 0. The van der Waals surface area contributed by atoms with Crippen LogP contribution in [-0.2, 0) is 0 Å². The van der Waals surface area contributed by atoms with E-state index in [1.165, 1.54) is 0 Å². The predicted octanol–water partition coefficient (Wildman–Crippen LogP) is 2.64. The first kappa shape index (κ1) is 15.0. The number of hydrogen-bond acceptors (Lipinski definition) is 4. The Morgan fingerprint density at radius 2 is 2.05 bits per heavy atom. The normalized spacial score (nSPS) is 11.9. The molecule has 1 atom stereocenters. The van der Waals surface area contributed by atoms with Crippen LogP contribution in [0.15, 0.2) is 42.6 Å². The topological polar surface area (TPSA) is 77.2 Å². The van der Waals surface area contributed by atoms with Gasteiger partial charge in [0.1, 0.15) is 5.75 Å². The maximum Gasteiger partial charge on any atom is 0.248 e. The van der Waals surface area contributed by atoms with E-state index in [0.29, 0.717) is 17.2 Å². The van der Waals surface area contributed by atoms with Crippen molar-refractivity contribution in [2.75, 3.05) is 6.54 Å². The van der Waals surface area contributed by atoms with Gasteiger partial charge in [0.25, 0.3) is 0 Å². The third-order valence-corrected chi connectivity index (χ3v) is 3.13. The molecule has 1 amide bonds. The minimum absolute atomic E-state index is 0.142. The van der Waals surface area contributed by atoms with Crippen LogP contribution in [0.3, 0.4) is 0 Å². The Bertz CT molecular complexity index is 611. The molecule has 0 fully saturated rings. The smallest absolute Gasteiger partial charge is 0.248 e. The maximum absolute atomic E-state index is 11.0. The summed E-state index contributed by atoms with van der Waals surface area (Å²) in [6, 6.07) is 10.7. The molecule has 0 aliphatic rings. The molecule has 1 aromatic heterocycles. The number of pyridine rings is 1. The molecule has 0 saturated heterocycles. The average molecular weight is 285 g/mol. The van der Waals surface area contributed by atoms with Gasteiger partial charge >= 0.3 is 0 Å². The minimum atomic E-state index is -0.458. The van der Waals surface area contributed by atoms with Gasteiger partial charge in [0, 0.05) is 23.4 Å². The van der Waals surface area contributed by atoms with Crippen molar-refractivity contribution in [3.63, 3.8) is 0 Å². The molecule has 0 aliphatic heterocycles. The molecule has 2 rings (SSSR count). The van der Waals surface area contributed by atoms with Crippen molar-refractivity contribution < 1.29 is 9.53 Å². The van der Waals surface area contributed by atoms with Crippen molar-refractivity contribution in [3.05, 3.63) is 53.7 Å². The number of carbonyl (C=O) groups is 1. The van der Waals surface area contributed by atoms with Gasteiger partial charge < -0.3 is 15.8 Å². The summed E-state index contributed by atoms with van der Waals surface area (Å²) in [5.74, 6) is 0.710. The first-order valence-corrected chi connectivity index (χ1v) is 6.87. The zero-order valence-corrected chi connectivity index (χ0v) is 12.2. The zero-order valence-electron chi connectivity index (χ0n) is 12.2. The van der Waals surface area contributed by atoms with Crippen LogP contribution in [0.25, 0.3) is 0 Å². The molecule has 0 saturated carbocycles. The largest absolute Gasteiger partial charge is 0.439 e. The van der Waals surface area contributed by atoms with Crippen LogP contribution >= 0.6 is 0 Å². The Morgan fingerprint density at radius 3 is 2.67 bits per heavy atom. The van der Waals surface area contributed by atoms with Crippen LogP contribution in [0.2, 0.25) is 0 Å². The highest BCUT2D eigenvalue weighted by molar-refractivity contribution is 5.92. The number of primary amides is 1. The van der Waals surface area contributed by atoms with Gasteiger partial charge in [0.2, 0.25) is 11.8 Å². The number of nitrogens with zero attached hydrogens (tertiary/aromatic N) is 1. The number of rotatable bonds is 6. The lowest BCUT2D eigenvalue weighted by Crippen LogP contribution is -2.18. The number of hydrogen-bond donors (Lipinski definition) is 2. The standard InChI is InChI=1S/C16H19N3O2/c1-3-18-11(2)14-5-4-10-19-16(14)21-13-8-6-12(7-9-13)15(17)20/h4-11,18H,3H2,1-2H3,(H2,17,20). The number of aromatic nitrogens is 1. The highest BCUT2D eigenvalue weighted by Gasteiger charge is 2.12. The van der Waals surface area contributed by atoms with Gasteiger partial charge in [-0.05, 0) is 43.8 Å². The van der Waals surface area contributed by atoms with Crippen molar-refractivity contribution >= 4 is 5.91 Å². The second kappa shape index (κ2) is 6.85. The lowest BCUT2D eigenvalue weighted by atomic mass is 10.1. The third-order valence-electron chi connectivity index (χ3n) is 3.13. The number of carbonyl (C=O) groups excluding carboxylic acids is 1. The van der Waals surface area contributed by atoms with Crippen molar-refractivity contribution in [2.24, 2.45) is 5.73 Å². The summed E-state index contributed by atoms with van der Waals surface area (Å²) in [6.45, 7) is 4.97. The summed E-state index contributed by atoms with van der Waals surface area (Å²) in [5.41, 5.74) is 6.65. The second-order valence-corrected chi connectivity index (χ2v) is 4.67. The van der Waals surface area contributed by atoms with Crippen LogP contribution in [0, 0.1) is 0 Å². The second-order valence-electron chi connectivity index (χ2n) is 4.67. The molecule has 1 unspecified atom stereocenters. The van der Waals surface area contributed by atoms with E-state index in [2.05, 4.69) is 24.1 Å². The Kier molecular flexibility index (Phi) is 4.90. The van der Waals surface area contributed by atoms with Crippen LogP contribution in [0.4, 0.5) is 0 Å². The lowest BCUT2D eigenvalue weighted by Gasteiger charge is -2.16. The fourth-order valence-corrected chi connectivity index (χ4v) is 2.03. The molecule has 21 heavy (non-hydrogen) atoms. The van der Waals surface area contributed by atoms with Gasteiger partial charge in [-0.1, -0.05) is 13.0 Å². The highest BCUT2D eigenvalue weighted by Crippen LogP contribution is 2.27. The van der Waals surface area contributed by atoms with E-state index in [-0.39, 0.29) is 6.04 Å². The van der Waals surface area contributed by atoms with Gasteiger partial charge in [-0.25, -0.2) is 4.98 Å². The molecule has 3 N–H and O–H groups in total. The van der Waals surface area contributed by atoms with E-state index in [9.17, 15) is 4.79 Å². The summed E-state index contributed by atoms with van der Waals surface area (Å²) in [6.07, 6.45) is 1.69. The Balaban J connectivity index is 2.21. The summed E-state index contributed by atoms with van der Waals surface area (Å²) < 4.78 is 5.81. The van der Waals surface area contributed by atoms with Gasteiger partial charge in [-0.3, -0.25) is 4.79 Å². The van der Waals surface area contributed by atoms with Gasteiger partial charge in [0.05, 0.1) is 0 Å². The average Bonchev–Trinajstić information content (AvgIpc) is 2.48. The molecule has 5 heteroatoms. The molecule has 5 nitrogen and oxygen atoms in total. The third kappa shape index (κ3) is 3.79. The lowest BCUT2D eigenvalue weighted by molar-refractivity contribution is 0.100. The highest BCUT2D eigenvalue weighted by atomic mass is 16.5. The summed E-state index contributed by atoms with van der Waals surface area (Å²) in [5, 5.41) is 3.33. The van der Waals surface area contributed by atoms with E-state index in [4.69, 9.17) is 10.5 Å². The molecular weight excluding hydrogens is 266 g/mol. The van der Waals surface area contributed by atoms with Gasteiger partial charge in [0.15, 0.2) is 0 Å². The fraction of sp³-hybridized carbons (Fsp3) is 0.250. The number of ether oxygens (including phenoxy) is 1. The Labute approximate surface area is 124 Å². The van der Waals surface area contributed by atoms with E-state index in [0.717, 1.165) is 12.1 Å². The molecule has 1 heterocycles. The molecule has 0 aliphatic carbocycles. The van der Waals surface area contributed by atoms with E-state index >= 15 is 0 Å². The van der Waals surface area contributed by atoms with E-state index < -0.39 is 5.91 Å². The van der Waals surface area contributed by atoms with Crippen LogP contribution in [0.5, 0.6) is 11.6 Å². The Hall–Kier alpha value is -2.40. The van der Waals surface area contributed by atoms with Gasteiger partial charge in [-0.15, -0.1) is 0 Å². The van der Waals surface area contributed by atoms with Crippen molar-refractivity contribution in [2.45, 2.75) is 19.9 Å². The SMILES string of the molecule is CCNC(C)c1cccnc1Oc1ccc(C(N)=O)cc1. The number of nitrogens with one attached hydrogen (secondary N) is 1. The molecule has 0 spiro atoms. The fourth-order valence-electron chi connectivity index (χ4n) is 2.03. The quantitative estimate of drug-likeness (QED) is 0.855. The van der Waals surface area contributed by atoms with Crippen molar-refractivity contribution in [1.29, 1.82) is 0 Å². The van der Waals surface area contributed by atoms with Crippen LogP contribution < -0.4 is 15.8 Å². The Morgan fingerprint density at radius 1 is 1.33 bits per heavy atom. The van der Waals surface area contributed by atoms with Crippen molar-refractivity contribution in [1.82, 2.24) is 10.3 Å². The molecule has 0 bridgehead atoms. The molecule has 0 radical (unpaired) electrons. The minimum Gasteiger partial charge on any atom is -0.439 e. The van der Waals surface area contributed by atoms with E-state index in [1.807, 2.05) is 12.1 Å². The molecular formula is C16H19N3O2. The number of nitrogens with two attached hydrogens (primary N) is 1. The van der Waals surface area contributed by atoms with Crippen molar-refractivity contribution in [3.8, 4) is 11.6 Å². The summed E-state index contributed by atoms with van der Waals surface area (Å²) >= 11 is 0. The number of amides is 1. The molecule has 1 aromatic carbocycles. The van der Waals surface area contributed by atoms with Gasteiger partial charge in [-0.2, -0.15) is 0 Å². The first-order chi connectivity index (χ1) is 10.1. The monoisotopic (exact) mass is 285 g/mol.